The van der Waals surface area contributed by atoms with Crippen LogP contribution >= 0.6 is 0 Å². The number of aryl methyl sites for hydroxylation is 2. The van der Waals surface area contributed by atoms with E-state index in [-0.39, 0.29) is 0 Å². The summed E-state index contributed by atoms with van der Waals surface area (Å²) in [6.45, 7) is 7.09. The minimum atomic E-state index is 0.704. The van der Waals surface area contributed by atoms with Gasteiger partial charge in [-0.2, -0.15) is 4.98 Å². The zero-order valence-electron chi connectivity index (χ0n) is 18.8. The molecule has 3 rings (SSSR count). The van der Waals surface area contributed by atoms with Crippen molar-refractivity contribution in [3.8, 4) is 11.4 Å². The summed E-state index contributed by atoms with van der Waals surface area (Å²) in [5.41, 5.74) is 2.44. The molecule has 0 spiro atoms. The number of unbranched alkanes of at least 4 members (excludes halogenated alkanes) is 7. The third-order valence-electron chi connectivity index (χ3n) is 5.97. The Balaban J connectivity index is 1.33. The summed E-state index contributed by atoms with van der Waals surface area (Å²) in [4.78, 5) is 7.03. The van der Waals surface area contributed by atoms with Crippen molar-refractivity contribution in [1.82, 2.24) is 15.0 Å². The van der Waals surface area contributed by atoms with E-state index in [0.29, 0.717) is 5.82 Å². The van der Waals surface area contributed by atoms with E-state index in [0.717, 1.165) is 63.6 Å². The molecule has 0 aliphatic carbocycles. The molecule has 5 heteroatoms. The second-order valence-corrected chi connectivity index (χ2v) is 8.49. The molecule has 2 aromatic rings. The van der Waals surface area contributed by atoms with Crippen molar-refractivity contribution in [1.29, 1.82) is 0 Å². The van der Waals surface area contributed by atoms with Crippen molar-refractivity contribution >= 4 is 0 Å². The van der Waals surface area contributed by atoms with E-state index in [1.807, 2.05) is 0 Å². The fourth-order valence-electron chi connectivity index (χ4n) is 4.04. The molecule has 30 heavy (non-hydrogen) atoms. The van der Waals surface area contributed by atoms with Crippen molar-refractivity contribution in [2.75, 3.05) is 32.8 Å². The molecule has 5 nitrogen and oxygen atoms in total. The zero-order chi connectivity index (χ0) is 20.9. The van der Waals surface area contributed by atoms with Crippen LogP contribution in [0.3, 0.4) is 0 Å². The molecule has 1 aliphatic rings. The van der Waals surface area contributed by atoms with Crippen LogP contribution in [-0.4, -0.2) is 47.9 Å². The van der Waals surface area contributed by atoms with E-state index >= 15 is 0 Å². The van der Waals surface area contributed by atoms with Gasteiger partial charge in [0.25, 0.3) is 0 Å². The Kier molecular flexibility index (Phi) is 10.4. The number of nitrogens with zero attached hydrogens (tertiary/aromatic N) is 3. The summed E-state index contributed by atoms with van der Waals surface area (Å²) in [6.07, 6.45) is 14.0. The Hall–Kier alpha value is -1.72. The van der Waals surface area contributed by atoms with Crippen LogP contribution in [0, 0.1) is 0 Å². The van der Waals surface area contributed by atoms with Crippen molar-refractivity contribution < 1.29 is 9.26 Å². The van der Waals surface area contributed by atoms with Gasteiger partial charge in [-0.3, -0.25) is 4.90 Å². The van der Waals surface area contributed by atoms with Gasteiger partial charge in [0.1, 0.15) is 0 Å². The summed E-state index contributed by atoms with van der Waals surface area (Å²) < 4.78 is 10.9. The number of morpholine rings is 1. The molecule has 0 bridgehead atoms. The van der Waals surface area contributed by atoms with Crippen LogP contribution in [0.1, 0.15) is 76.2 Å². The molecule has 0 radical (unpaired) electrons. The molecule has 0 atom stereocenters. The van der Waals surface area contributed by atoms with Crippen molar-refractivity contribution in [2.24, 2.45) is 0 Å². The normalized spacial score (nSPS) is 15.0. The first-order chi connectivity index (χ1) is 14.8. The molecular weight excluding hydrogens is 374 g/mol. The number of ether oxygens (including phenoxy) is 1. The molecule has 0 saturated carbocycles. The van der Waals surface area contributed by atoms with Crippen LogP contribution in [0.2, 0.25) is 0 Å². The highest BCUT2D eigenvalue weighted by Crippen LogP contribution is 2.19. The van der Waals surface area contributed by atoms with Crippen LogP contribution in [0.5, 0.6) is 0 Å². The van der Waals surface area contributed by atoms with Crippen LogP contribution < -0.4 is 0 Å². The molecule has 1 saturated heterocycles. The number of aromatic nitrogens is 2. The van der Waals surface area contributed by atoms with Gasteiger partial charge in [-0.05, 0) is 31.4 Å². The Bertz CT molecular complexity index is 693. The zero-order valence-corrected chi connectivity index (χ0v) is 18.8. The maximum Gasteiger partial charge on any atom is 0.227 e. The average molecular weight is 414 g/mol. The van der Waals surface area contributed by atoms with E-state index in [4.69, 9.17) is 9.26 Å². The van der Waals surface area contributed by atoms with Gasteiger partial charge in [-0.1, -0.05) is 81.3 Å². The SMILES string of the molecule is CCCCCCCCCCc1ccc(-c2noc(CCCN3CCOCC3)n2)cc1. The highest BCUT2D eigenvalue weighted by atomic mass is 16.5. The summed E-state index contributed by atoms with van der Waals surface area (Å²) in [6, 6.07) is 8.68. The molecule has 0 unspecified atom stereocenters. The van der Waals surface area contributed by atoms with E-state index < -0.39 is 0 Å². The van der Waals surface area contributed by atoms with Gasteiger partial charge in [0.05, 0.1) is 13.2 Å². The molecule has 2 heterocycles. The first-order valence-corrected chi connectivity index (χ1v) is 12.1. The highest BCUT2D eigenvalue weighted by Gasteiger charge is 2.12. The monoisotopic (exact) mass is 413 g/mol. The Morgan fingerprint density at radius 3 is 2.27 bits per heavy atom. The number of hydrogen-bond acceptors (Lipinski definition) is 5. The lowest BCUT2D eigenvalue weighted by atomic mass is 10.0. The Labute approximate surface area is 182 Å². The van der Waals surface area contributed by atoms with Crippen LogP contribution in [0.4, 0.5) is 0 Å². The Morgan fingerprint density at radius 1 is 0.833 bits per heavy atom. The standard InChI is InChI=1S/C25H39N3O2/c1-2-3-4-5-6-7-8-9-11-22-13-15-23(16-14-22)25-26-24(30-27-25)12-10-17-28-18-20-29-21-19-28/h13-16H,2-12,17-21H2,1H3. The maximum absolute atomic E-state index is 5.46. The molecule has 1 aromatic heterocycles. The first kappa shape index (κ1) is 23.0. The molecular formula is C25H39N3O2. The van der Waals surface area contributed by atoms with E-state index in [1.54, 1.807) is 0 Å². The minimum Gasteiger partial charge on any atom is -0.379 e. The van der Waals surface area contributed by atoms with E-state index in [2.05, 4.69) is 46.2 Å². The number of benzene rings is 1. The highest BCUT2D eigenvalue weighted by molar-refractivity contribution is 5.54. The van der Waals surface area contributed by atoms with Gasteiger partial charge < -0.3 is 9.26 Å². The summed E-state index contributed by atoms with van der Waals surface area (Å²) in [5, 5.41) is 4.18. The smallest absolute Gasteiger partial charge is 0.227 e. The van der Waals surface area contributed by atoms with Gasteiger partial charge in [0.15, 0.2) is 0 Å². The second-order valence-electron chi connectivity index (χ2n) is 8.49. The quantitative estimate of drug-likeness (QED) is 0.373. The van der Waals surface area contributed by atoms with Crippen molar-refractivity contribution in [3.05, 3.63) is 35.7 Å². The van der Waals surface area contributed by atoms with Gasteiger partial charge >= 0.3 is 0 Å². The average Bonchev–Trinajstić information content (AvgIpc) is 3.26. The van der Waals surface area contributed by atoms with E-state index in [9.17, 15) is 0 Å². The first-order valence-electron chi connectivity index (χ1n) is 12.1. The minimum absolute atomic E-state index is 0.704. The lowest BCUT2D eigenvalue weighted by molar-refractivity contribution is 0.0372. The fraction of sp³-hybridized carbons (Fsp3) is 0.680. The topological polar surface area (TPSA) is 51.4 Å². The van der Waals surface area contributed by atoms with Crippen LogP contribution in [0.25, 0.3) is 11.4 Å². The van der Waals surface area contributed by atoms with Crippen molar-refractivity contribution in [3.63, 3.8) is 0 Å². The molecule has 1 aliphatic heterocycles. The van der Waals surface area contributed by atoms with Gasteiger partial charge in [-0.15, -0.1) is 0 Å². The second kappa shape index (κ2) is 13.6. The lowest BCUT2D eigenvalue weighted by Gasteiger charge is -2.26. The summed E-state index contributed by atoms with van der Waals surface area (Å²) in [7, 11) is 0. The van der Waals surface area contributed by atoms with Crippen LogP contribution in [-0.2, 0) is 17.6 Å². The fourth-order valence-corrected chi connectivity index (χ4v) is 4.04. The molecule has 0 N–H and O–H groups in total. The number of rotatable bonds is 14. The maximum atomic E-state index is 5.46. The van der Waals surface area contributed by atoms with Gasteiger partial charge in [-0.25, -0.2) is 0 Å². The predicted octanol–water partition coefficient (Wildman–Crippen LogP) is 5.68. The van der Waals surface area contributed by atoms with Gasteiger partial charge in [0, 0.05) is 25.1 Å². The lowest BCUT2D eigenvalue weighted by Crippen LogP contribution is -2.36. The summed E-state index contributed by atoms with van der Waals surface area (Å²) in [5.74, 6) is 1.44. The predicted molar refractivity (Wildman–Crippen MR) is 122 cm³/mol. The summed E-state index contributed by atoms with van der Waals surface area (Å²) >= 11 is 0. The largest absolute Gasteiger partial charge is 0.379 e. The van der Waals surface area contributed by atoms with Crippen molar-refractivity contribution in [2.45, 2.75) is 77.6 Å². The molecule has 0 amide bonds. The Morgan fingerprint density at radius 2 is 1.53 bits per heavy atom. The number of hydrogen-bond donors (Lipinski definition) is 0. The molecule has 1 aromatic carbocycles. The van der Waals surface area contributed by atoms with Crippen LogP contribution in [0.15, 0.2) is 28.8 Å². The third kappa shape index (κ3) is 8.19. The third-order valence-corrected chi connectivity index (χ3v) is 5.97. The molecule has 166 valence electrons. The van der Waals surface area contributed by atoms with Gasteiger partial charge in [0.2, 0.25) is 11.7 Å². The molecule has 1 fully saturated rings. The van der Waals surface area contributed by atoms with E-state index in [1.165, 1.54) is 56.9 Å².